The topological polar surface area (TPSA) is 73.0 Å². The number of amides is 1. The summed E-state index contributed by atoms with van der Waals surface area (Å²) < 4.78 is 7.49. The summed E-state index contributed by atoms with van der Waals surface area (Å²) in [6.45, 7) is 5.94. The molecule has 0 radical (unpaired) electrons. The van der Waals surface area contributed by atoms with Gasteiger partial charge < -0.3 is 9.84 Å². The summed E-state index contributed by atoms with van der Waals surface area (Å²) in [7, 11) is 0. The number of nitrogens with zero attached hydrogens (tertiary/aromatic N) is 3. The summed E-state index contributed by atoms with van der Waals surface area (Å²) in [5, 5.41) is 12.6. The van der Waals surface area contributed by atoms with E-state index in [4.69, 9.17) is 21.2 Å². The molecule has 4 aromatic rings. The maximum atomic E-state index is 13.3. The molecule has 2 aromatic carbocycles. The summed E-state index contributed by atoms with van der Waals surface area (Å²) in [6.07, 6.45) is 2.51. The lowest BCUT2D eigenvalue weighted by Gasteiger charge is -2.21. The lowest BCUT2D eigenvalue weighted by molar-refractivity contribution is 0.101. The maximum Gasteiger partial charge on any atom is 0.278 e. The van der Waals surface area contributed by atoms with Crippen LogP contribution in [0.15, 0.2) is 59.1 Å². The van der Waals surface area contributed by atoms with Gasteiger partial charge in [0, 0.05) is 17.0 Å². The monoisotopic (exact) mass is 474 g/mol. The van der Waals surface area contributed by atoms with Gasteiger partial charge in [0.1, 0.15) is 5.76 Å². The molecule has 0 bridgehead atoms. The summed E-state index contributed by atoms with van der Waals surface area (Å²) in [5.41, 5.74) is 6.00. The molecular weight excluding hydrogens is 448 g/mol. The fourth-order valence-electron chi connectivity index (χ4n) is 4.87. The Hall–Kier alpha value is -3.38. The van der Waals surface area contributed by atoms with Gasteiger partial charge in [-0.2, -0.15) is 5.10 Å². The zero-order valence-electron chi connectivity index (χ0n) is 19.5. The molecule has 0 saturated carbocycles. The molecule has 2 unspecified atom stereocenters. The van der Waals surface area contributed by atoms with Crippen molar-refractivity contribution in [2.45, 2.75) is 52.0 Å². The molecule has 2 atom stereocenters. The van der Waals surface area contributed by atoms with Gasteiger partial charge in [-0.1, -0.05) is 59.2 Å². The van der Waals surface area contributed by atoms with E-state index in [0.717, 1.165) is 47.5 Å². The Labute approximate surface area is 203 Å². The molecule has 0 spiro atoms. The first-order valence-electron chi connectivity index (χ1n) is 11.6. The fourth-order valence-corrected chi connectivity index (χ4v) is 4.99. The van der Waals surface area contributed by atoms with Crippen LogP contribution in [0.3, 0.4) is 0 Å². The second kappa shape index (κ2) is 9.11. The molecule has 0 saturated heterocycles. The Morgan fingerprint density at radius 1 is 1.15 bits per heavy atom. The molecular formula is C27H27ClN4O2. The maximum absolute atomic E-state index is 13.3. The number of hydrogen-bond donors (Lipinski definition) is 1. The summed E-state index contributed by atoms with van der Waals surface area (Å²) in [5.74, 6) is 0.910. The highest BCUT2D eigenvalue weighted by Crippen LogP contribution is 2.35. The van der Waals surface area contributed by atoms with Crippen LogP contribution >= 0.6 is 11.6 Å². The van der Waals surface area contributed by atoms with Crippen LogP contribution in [-0.4, -0.2) is 20.8 Å². The van der Waals surface area contributed by atoms with Crippen LogP contribution in [0.2, 0.25) is 5.02 Å². The molecule has 174 valence electrons. The first kappa shape index (κ1) is 22.4. The molecule has 1 aliphatic rings. The Bertz CT molecular complexity index is 1320. The molecule has 1 amide bonds. The van der Waals surface area contributed by atoms with Gasteiger partial charge >= 0.3 is 0 Å². The van der Waals surface area contributed by atoms with Gasteiger partial charge in [0.15, 0.2) is 5.69 Å². The third kappa shape index (κ3) is 4.14. The summed E-state index contributed by atoms with van der Waals surface area (Å²) in [4.78, 5) is 13.3. The third-order valence-corrected chi connectivity index (χ3v) is 7.06. The molecule has 2 heterocycles. The fraction of sp³-hybridized carbons (Fsp3) is 0.296. The molecule has 0 aliphatic heterocycles. The Morgan fingerprint density at radius 3 is 2.62 bits per heavy atom. The van der Waals surface area contributed by atoms with E-state index >= 15 is 0 Å². The second-order valence-electron chi connectivity index (χ2n) is 8.96. The third-order valence-electron chi connectivity index (χ3n) is 6.81. The van der Waals surface area contributed by atoms with Gasteiger partial charge in [-0.15, -0.1) is 0 Å². The van der Waals surface area contributed by atoms with E-state index < -0.39 is 0 Å². The van der Waals surface area contributed by atoms with Gasteiger partial charge in [-0.25, -0.2) is 0 Å². The van der Waals surface area contributed by atoms with Crippen LogP contribution < -0.4 is 5.32 Å². The Kier molecular flexibility index (Phi) is 6.00. The number of nitrogens with one attached hydrogen (secondary N) is 1. The van der Waals surface area contributed by atoms with Crippen molar-refractivity contribution in [3.8, 4) is 0 Å². The van der Waals surface area contributed by atoms with Crippen molar-refractivity contribution in [1.82, 2.24) is 14.9 Å². The number of hydrogen-bond acceptors (Lipinski definition) is 4. The molecule has 34 heavy (non-hydrogen) atoms. The van der Waals surface area contributed by atoms with Crippen LogP contribution in [-0.2, 0) is 12.8 Å². The summed E-state index contributed by atoms with van der Waals surface area (Å²) in [6, 6.07) is 18.1. The van der Waals surface area contributed by atoms with Crippen LogP contribution in [0.5, 0.6) is 0 Å². The number of aryl methyl sites for hydroxylation is 2. The summed E-state index contributed by atoms with van der Waals surface area (Å²) >= 11 is 6.04. The molecule has 0 fully saturated rings. The zero-order valence-corrected chi connectivity index (χ0v) is 20.3. The number of fused-ring (bicyclic) bond motifs is 1. The Balaban J connectivity index is 1.38. The van der Waals surface area contributed by atoms with E-state index in [-0.39, 0.29) is 11.9 Å². The number of halogens is 1. The van der Waals surface area contributed by atoms with E-state index in [1.807, 2.05) is 48.9 Å². The quantitative estimate of drug-likeness (QED) is 0.369. The van der Waals surface area contributed by atoms with Crippen molar-refractivity contribution in [3.05, 3.63) is 99.2 Å². The number of rotatable bonds is 5. The van der Waals surface area contributed by atoms with E-state index in [9.17, 15) is 4.79 Å². The van der Waals surface area contributed by atoms with Crippen molar-refractivity contribution in [1.29, 1.82) is 0 Å². The number of carbonyl (C=O) groups is 1. The molecule has 6 nitrogen and oxygen atoms in total. The molecule has 5 rings (SSSR count). The SMILES string of the molecule is Cc1nn(C(C)c2ccc(Cl)cc2)c(C)c1NC(=O)c1noc2c1CC(c1ccccc1)CC2. The van der Waals surface area contributed by atoms with Gasteiger partial charge in [0.25, 0.3) is 5.91 Å². The second-order valence-corrected chi connectivity index (χ2v) is 9.39. The van der Waals surface area contributed by atoms with E-state index in [2.05, 4.69) is 41.7 Å². The van der Waals surface area contributed by atoms with Crippen molar-refractivity contribution < 1.29 is 9.32 Å². The van der Waals surface area contributed by atoms with Gasteiger partial charge in [0.05, 0.1) is 23.1 Å². The van der Waals surface area contributed by atoms with Crippen LogP contribution in [0, 0.1) is 13.8 Å². The first-order valence-corrected chi connectivity index (χ1v) is 11.9. The minimum absolute atomic E-state index is 0.00643. The molecule has 1 N–H and O–H groups in total. The smallest absolute Gasteiger partial charge is 0.278 e. The molecule has 7 heteroatoms. The van der Waals surface area contributed by atoms with Crippen molar-refractivity contribution in [2.24, 2.45) is 0 Å². The minimum Gasteiger partial charge on any atom is -0.360 e. The van der Waals surface area contributed by atoms with E-state index in [0.29, 0.717) is 22.3 Å². The van der Waals surface area contributed by atoms with Crippen molar-refractivity contribution in [3.63, 3.8) is 0 Å². The lowest BCUT2D eigenvalue weighted by Crippen LogP contribution is -2.19. The van der Waals surface area contributed by atoms with E-state index in [1.165, 1.54) is 5.56 Å². The average Bonchev–Trinajstić information content (AvgIpc) is 3.40. The average molecular weight is 475 g/mol. The highest BCUT2D eigenvalue weighted by Gasteiger charge is 2.30. The first-order chi connectivity index (χ1) is 16.4. The van der Waals surface area contributed by atoms with Crippen LogP contribution in [0.1, 0.15) is 69.6 Å². The number of carbonyl (C=O) groups excluding carboxylic acids is 1. The molecule has 2 aromatic heterocycles. The van der Waals surface area contributed by atoms with Gasteiger partial charge in [-0.3, -0.25) is 9.48 Å². The predicted octanol–water partition coefficient (Wildman–Crippen LogP) is 6.28. The standard InChI is InChI=1S/C27H27ClN4O2/c1-16-25(18(3)32(30-16)17(2)19-9-12-22(28)13-10-19)29-27(33)26-23-15-21(11-14-24(23)34-31-26)20-7-5-4-6-8-20/h4-10,12-13,17,21H,11,14-15H2,1-3H3,(H,29,33). The Morgan fingerprint density at radius 2 is 1.88 bits per heavy atom. The highest BCUT2D eigenvalue weighted by molar-refractivity contribution is 6.30. The van der Waals surface area contributed by atoms with Gasteiger partial charge in [0.2, 0.25) is 0 Å². The number of anilines is 1. The molecule has 1 aliphatic carbocycles. The van der Waals surface area contributed by atoms with Crippen molar-refractivity contribution in [2.75, 3.05) is 5.32 Å². The van der Waals surface area contributed by atoms with E-state index in [1.54, 1.807) is 0 Å². The van der Waals surface area contributed by atoms with Gasteiger partial charge in [-0.05, 0) is 62.8 Å². The van der Waals surface area contributed by atoms with Crippen molar-refractivity contribution >= 4 is 23.2 Å². The zero-order chi connectivity index (χ0) is 23.8. The normalized spacial score (nSPS) is 16.2. The van der Waals surface area contributed by atoms with Crippen LogP contribution in [0.25, 0.3) is 0 Å². The predicted molar refractivity (Wildman–Crippen MR) is 133 cm³/mol. The van der Waals surface area contributed by atoms with Crippen LogP contribution in [0.4, 0.5) is 5.69 Å². The highest BCUT2D eigenvalue weighted by atomic mass is 35.5. The largest absolute Gasteiger partial charge is 0.360 e. The number of aromatic nitrogens is 3. The number of benzene rings is 2. The minimum atomic E-state index is -0.261. The lowest BCUT2D eigenvalue weighted by atomic mass is 9.82.